The summed E-state index contributed by atoms with van der Waals surface area (Å²) in [5.74, 6) is -0.0924. The molecule has 6 heteroatoms. The molecule has 1 rings (SSSR count). The molecule has 0 radical (unpaired) electrons. The number of nitro groups is 1. The number of benzene rings is 1. The van der Waals surface area contributed by atoms with Gasteiger partial charge in [0.1, 0.15) is 0 Å². The van der Waals surface area contributed by atoms with Crippen molar-refractivity contribution in [2.45, 2.75) is 32.7 Å². The molecular formula is C15H22N2O4. The van der Waals surface area contributed by atoms with Crippen molar-refractivity contribution in [3.05, 3.63) is 39.9 Å². The van der Waals surface area contributed by atoms with E-state index in [-0.39, 0.29) is 30.7 Å². The van der Waals surface area contributed by atoms with Crippen molar-refractivity contribution in [2.75, 3.05) is 19.7 Å². The van der Waals surface area contributed by atoms with Crippen molar-refractivity contribution in [3.63, 3.8) is 0 Å². The van der Waals surface area contributed by atoms with Gasteiger partial charge in [0, 0.05) is 30.3 Å². The molecule has 0 bridgehead atoms. The molecule has 0 saturated heterocycles. The second-order valence-electron chi connectivity index (χ2n) is 4.89. The number of carbonyl (C=O) groups excluding carboxylic acids is 1. The van der Waals surface area contributed by atoms with Gasteiger partial charge in [-0.3, -0.25) is 19.8 Å². The first-order chi connectivity index (χ1) is 10.0. The number of carbonyl (C=O) groups is 1. The number of Topliss-reactive ketones (excluding diaryl/α,β-unsaturated/α-hetero) is 1. The molecule has 116 valence electrons. The Morgan fingerprint density at radius 1 is 1.29 bits per heavy atom. The van der Waals surface area contributed by atoms with Crippen LogP contribution in [0.15, 0.2) is 24.3 Å². The van der Waals surface area contributed by atoms with Gasteiger partial charge in [0.15, 0.2) is 5.78 Å². The Morgan fingerprint density at radius 2 is 1.86 bits per heavy atom. The summed E-state index contributed by atoms with van der Waals surface area (Å²) in [5.41, 5.74) is 0.424. The second kappa shape index (κ2) is 8.49. The van der Waals surface area contributed by atoms with Crippen LogP contribution in [0.2, 0.25) is 0 Å². The molecule has 0 fully saturated rings. The van der Waals surface area contributed by atoms with E-state index in [0.717, 1.165) is 12.8 Å². The number of hydrogen-bond acceptors (Lipinski definition) is 5. The van der Waals surface area contributed by atoms with E-state index >= 15 is 0 Å². The van der Waals surface area contributed by atoms with Crippen LogP contribution in [0.5, 0.6) is 0 Å². The summed E-state index contributed by atoms with van der Waals surface area (Å²) in [4.78, 5) is 24.3. The molecule has 0 aromatic heterocycles. The van der Waals surface area contributed by atoms with E-state index in [1.807, 2.05) is 4.90 Å². The van der Waals surface area contributed by atoms with E-state index < -0.39 is 4.92 Å². The van der Waals surface area contributed by atoms with E-state index in [9.17, 15) is 14.9 Å². The summed E-state index contributed by atoms with van der Waals surface area (Å²) in [5, 5.41) is 19.7. The van der Waals surface area contributed by atoms with Gasteiger partial charge in [0.05, 0.1) is 18.1 Å². The van der Waals surface area contributed by atoms with Crippen molar-refractivity contribution >= 4 is 11.5 Å². The standard InChI is InChI=1S/C15H22N2O4/c1-3-13(4-2)16(9-10-18)11-15(19)12-5-7-14(8-6-12)17(20)21/h5-8,13,18H,3-4,9-11H2,1-2H3. The van der Waals surface area contributed by atoms with Crippen LogP contribution >= 0.6 is 0 Å². The average Bonchev–Trinajstić information content (AvgIpc) is 2.48. The summed E-state index contributed by atoms with van der Waals surface area (Å²) < 4.78 is 0. The van der Waals surface area contributed by atoms with E-state index in [1.54, 1.807) is 0 Å². The second-order valence-corrected chi connectivity index (χ2v) is 4.89. The number of aliphatic hydroxyl groups excluding tert-OH is 1. The molecular weight excluding hydrogens is 272 g/mol. The first-order valence-corrected chi connectivity index (χ1v) is 7.16. The largest absolute Gasteiger partial charge is 0.395 e. The molecule has 6 nitrogen and oxygen atoms in total. The minimum absolute atomic E-state index is 0.00401. The van der Waals surface area contributed by atoms with Crippen LogP contribution in [0.25, 0.3) is 0 Å². The normalized spacial score (nSPS) is 11.1. The van der Waals surface area contributed by atoms with E-state index in [4.69, 9.17) is 5.11 Å². The van der Waals surface area contributed by atoms with Gasteiger partial charge in [-0.05, 0) is 25.0 Å². The summed E-state index contributed by atoms with van der Waals surface area (Å²) in [6.45, 7) is 4.77. The number of aliphatic hydroxyl groups is 1. The van der Waals surface area contributed by atoms with Gasteiger partial charge in [0.25, 0.3) is 5.69 Å². The molecule has 0 atom stereocenters. The number of non-ortho nitro benzene ring substituents is 1. The van der Waals surface area contributed by atoms with Crippen molar-refractivity contribution < 1.29 is 14.8 Å². The fourth-order valence-electron chi connectivity index (χ4n) is 2.37. The Balaban J connectivity index is 2.78. The third kappa shape index (κ3) is 4.91. The highest BCUT2D eigenvalue weighted by atomic mass is 16.6. The third-order valence-corrected chi connectivity index (χ3v) is 3.59. The molecule has 0 unspecified atom stereocenters. The molecule has 21 heavy (non-hydrogen) atoms. The lowest BCUT2D eigenvalue weighted by Gasteiger charge is -2.29. The Labute approximate surface area is 124 Å². The third-order valence-electron chi connectivity index (χ3n) is 3.59. The molecule has 0 aliphatic carbocycles. The highest BCUT2D eigenvalue weighted by Crippen LogP contribution is 2.14. The predicted molar refractivity (Wildman–Crippen MR) is 80.5 cm³/mol. The van der Waals surface area contributed by atoms with Gasteiger partial charge in [-0.1, -0.05) is 13.8 Å². The monoisotopic (exact) mass is 294 g/mol. The predicted octanol–water partition coefficient (Wildman–Crippen LogP) is 2.26. The van der Waals surface area contributed by atoms with Crippen LogP contribution in [0.1, 0.15) is 37.0 Å². The first kappa shape index (κ1) is 17.3. The van der Waals surface area contributed by atoms with Crippen LogP contribution in [0.4, 0.5) is 5.69 Å². The van der Waals surface area contributed by atoms with E-state index in [0.29, 0.717) is 12.1 Å². The smallest absolute Gasteiger partial charge is 0.269 e. The molecule has 0 heterocycles. The Hall–Kier alpha value is -1.79. The Bertz CT molecular complexity index is 469. The molecule has 0 amide bonds. The average molecular weight is 294 g/mol. The molecule has 1 N–H and O–H groups in total. The SMILES string of the molecule is CCC(CC)N(CCO)CC(=O)c1ccc([N+](=O)[O-])cc1. The number of nitrogens with zero attached hydrogens (tertiary/aromatic N) is 2. The van der Waals surface area contributed by atoms with Crippen LogP contribution in [-0.4, -0.2) is 46.5 Å². The van der Waals surface area contributed by atoms with Gasteiger partial charge in [-0.2, -0.15) is 0 Å². The lowest BCUT2D eigenvalue weighted by molar-refractivity contribution is -0.384. The van der Waals surface area contributed by atoms with Crippen molar-refractivity contribution in [2.24, 2.45) is 0 Å². The maximum absolute atomic E-state index is 12.3. The van der Waals surface area contributed by atoms with E-state index in [1.165, 1.54) is 24.3 Å². The maximum Gasteiger partial charge on any atom is 0.269 e. The molecule has 0 aliphatic rings. The van der Waals surface area contributed by atoms with Crippen LogP contribution in [0.3, 0.4) is 0 Å². The Kier molecular flexibility index (Phi) is 6.98. The van der Waals surface area contributed by atoms with Gasteiger partial charge in [0.2, 0.25) is 0 Å². The highest BCUT2D eigenvalue weighted by molar-refractivity contribution is 5.97. The van der Waals surface area contributed by atoms with E-state index in [2.05, 4.69) is 13.8 Å². The molecule has 1 aromatic carbocycles. The minimum Gasteiger partial charge on any atom is -0.395 e. The first-order valence-electron chi connectivity index (χ1n) is 7.16. The van der Waals surface area contributed by atoms with Crippen LogP contribution in [0, 0.1) is 10.1 Å². The summed E-state index contributed by atoms with van der Waals surface area (Å²) >= 11 is 0. The van der Waals surface area contributed by atoms with Crippen molar-refractivity contribution in [3.8, 4) is 0 Å². The number of rotatable bonds is 9. The van der Waals surface area contributed by atoms with Gasteiger partial charge >= 0.3 is 0 Å². The summed E-state index contributed by atoms with van der Waals surface area (Å²) in [6, 6.07) is 5.87. The van der Waals surface area contributed by atoms with Crippen molar-refractivity contribution in [1.82, 2.24) is 4.90 Å². The zero-order chi connectivity index (χ0) is 15.8. The Morgan fingerprint density at radius 3 is 2.29 bits per heavy atom. The number of ketones is 1. The maximum atomic E-state index is 12.3. The summed E-state index contributed by atoms with van der Waals surface area (Å²) in [7, 11) is 0. The zero-order valence-electron chi connectivity index (χ0n) is 12.5. The minimum atomic E-state index is -0.490. The van der Waals surface area contributed by atoms with Crippen LogP contribution < -0.4 is 0 Å². The number of nitro benzene ring substituents is 1. The molecule has 0 saturated carbocycles. The molecule has 1 aromatic rings. The lowest BCUT2D eigenvalue weighted by Crippen LogP contribution is -2.40. The molecule has 0 aliphatic heterocycles. The number of hydrogen-bond donors (Lipinski definition) is 1. The lowest BCUT2D eigenvalue weighted by atomic mass is 10.1. The van der Waals surface area contributed by atoms with Gasteiger partial charge in [-0.15, -0.1) is 0 Å². The topological polar surface area (TPSA) is 83.7 Å². The van der Waals surface area contributed by atoms with Gasteiger partial charge < -0.3 is 5.11 Å². The fraction of sp³-hybridized carbons (Fsp3) is 0.533. The zero-order valence-corrected chi connectivity index (χ0v) is 12.5. The quantitative estimate of drug-likeness (QED) is 0.429. The van der Waals surface area contributed by atoms with Gasteiger partial charge in [-0.25, -0.2) is 0 Å². The fourth-order valence-corrected chi connectivity index (χ4v) is 2.37. The van der Waals surface area contributed by atoms with Crippen molar-refractivity contribution in [1.29, 1.82) is 0 Å². The van der Waals surface area contributed by atoms with Crippen LogP contribution in [-0.2, 0) is 0 Å². The summed E-state index contributed by atoms with van der Waals surface area (Å²) in [6.07, 6.45) is 1.81. The highest BCUT2D eigenvalue weighted by Gasteiger charge is 2.19. The molecule has 0 spiro atoms.